The van der Waals surface area contributed by atoms with E-state index in [2.05, 4.69) is 41.1 Å². The van der Waals surface area contributed by atoms with Gasteiger partial charge in [0.15, 0.2) is 0 Å². The fourth-order valence-corrected chi connectivity index (χ4v) is 2.65. The van der Waals surface area contributed by atoms with Crippen LogP contribution in [0.15, 0.2) is 45.3 Å². The first kappa shape index (κ1) is 9.91. The lowest BCUT2D eigenvalue weighted by Crippen LogP contribution is -1.80. The van der Waals surface area contributed by atoms with Gasteiger partial charge >= 0.3 is 0 Å². The van der Waals surface area contributed by atoms with Gasteiger partial charge in [-0.05, 0) is 24.1 Å². The monoisotopic (exact) mass is 274 g/mol. The second-order valence-corrected chi connectivity index (χ2v) is 4.72. The molecule has 0 fully saturated rings. The van der Waals surface area contributed by atoms with Crippen molar-refractivity contribution in [2.45, 2.75) is 13.3 Å². The molecular formula is C14H11BrO. The zero-order valence-electron chi connectivity index (χ0n) is 8.96. The molecule has 1 aromatic heterocycles. The van der Waals surface area contributed by atoms with Crippen LogP contribution in [0.3, 0.4) is 0 Å². The summed E-state index contributed by atoms with van der Waals surface area (Å²) in [6.07, 6.45) is 0.990. The van der Waals surface area contributed by atoms with Gasteiger partial charge in [-0.15, -0.1) is 0 Å². The maximum absolute atomic E-state index is 5.93. The van der Waals surface area contributed by atoms with Gasteiger partial charge in [0.25, 0.3) is 0 Å². The van der Waals surface area contributed by atoms with Crippen molar-refractivity contribution >= 4 is 37.9 Å². The van der Waals surface area contributed by atoms with Crippen LogP contribution in [0.5, 0.6) is 0 Å². The molecule has 0 radical (unpaired) electrons. The lowest BCUT2D eigenvalue weighted by Gasteiger charge is -1.99. The van der Waals surface area contributed by atoms with Crippen LogP contribution in [0.2, 0.25) is 0 Å². The van der Waals surface area contributed by atoms with E-state index in [4.69, 9.17) is 4.42 Å². The molecule has 0 aliphatic carbocycles. The van der Waals surface area contributed by atoms with Crippen molar-refractivity contribution in [2.75, 3.05) is 0 Å². The average Bonchev–Trinajstić information content (AvgIpc) is 2.69. The summed E-state index contributed by atoms with van der Waals surface area (Å²) in [5, 5.41) is 2.37. The summed E-state index contributed by atoms with van der Waals surface area (Å²) in [6, 6.07) is 12.4. The minimum atomic E-state index is 0.958. The van der Waals surface area contributed by atoms with Crippen LogP contribution in [-0.4, -0.2) is 0 Å². The highest BCUT2D eigenvalue weighted by Gasteiger charge is 2.12. The van der Waals surface area contributed by atoms with E-state index in [0.717, 1.165) is 22.1 Å². The van der Waals surface area contributed by atoms with Gasteiger partial charge < -0.3 is 4.42 Å². The molecule has 0 N–H and O–H groups in total. The van der Waals surface area contributed by atoms with Gasteiger partial charge in [0, 0.05) is 15.2 Å². The zero-order chi connectivity index (χ0) is 11.1. The Balaban J connectivity index is 2.58. The van der Waals surface area contributed by atoms with Crippen molar-refractivity contribution in [3.05, 3.63) is 46.4 Å². The van der Waals surface area contributed by atoms with Gasteiger partial charge in [-0.3, -0.25) is 0 Å². The largest absolute Gasteiger partial charge is 0.456 e. The van der Waals surface area contributed by atoms with E-state index in [9.17, 15) is 0 Å². The van der Waals surface area contributed by atoms with E-state index in [-0.39, 0.29) is 0 Å². The summed E-state index contributed by atoms with van der Waals surface area (Å²) in [5.74, 6) is 0. The zero-order valence-corrected chi connectivity index (χ0v) is 10.5. The second-order valence-electron chi connectivity index (χ2n) is 3.86. The highest BCUT2D eigenvalue weighted by Crippen LogP contribution is 2.36. The molecule has 2 aromatic carbocycles. The van der Waals surface area contributed by atoms with Gasteiger partial charge in [0.05, 0.1) is 0 Å². The standard InChI is InChI=1S/C14H11BrO/c1-2-9-7-8-11(15)13-10-5-3-4-6-12(10)16-14(9)13/h3-8H,2H2,1H3. The summed E-state index contributed by atoms with van der Waals surface area (Å²) in [5.41, 5.74) is 3.23. The number of benzene rings is 2. The maximum Gasteiger partial charge on any atom is 0.139 e. The first-order valence-corrected chi connectivity index (χ1v) is 6.19. The van der Waals surface area contributed by atoms with Crippen LogP contribution in [0, 0.1) is 0 Å². The van der Waals surface area contributed by atoms with Crippen molar-refractivity contribution in [3.63, 3.8) is 0 Å². The molecular weight excluding hydrogens is 264 g/mol. The molecule has 0 amide bonds. The summed E-state index contributed by atoms with van der Waals surface area (Å²) in [4.78, 5) is 0. The number of rotatable bonds is 1. The van der Waals surface area contributed by atoms with Crippen LogP contribution < -0.4 is 0 Å². The van der Waals surface area contributed by atoms with E-state index >= 15 is 0 Å². The quantitative estimate of drug-likeness (QED) is 0.615. The van der Waals surface area contributed by atoms with Crippen LogP contribution in [0.4, 0.5) is 0 Å². The second kappa shape index (κ2) is 3.63. The van der Waals surface area contributed by atoms with E-state index in [1.807, 2.05) is 18.2 Å². The molecule has 80 valence electrons. The number of furan rings is 1. The lowest BCUT2D eigenvalue weighted by molar-refractivity contribution is 0.663. The Kier molecular flexibility index (Phi) is 2.25. The molecule has 1 nitrogen and oxygen atoms in total. The van der Waals surface area contributed by atoms with E-state index in [1.165, 1.54) is 16.3 Å². The molecule has 0 aliphatic heterocycles. The fourth-order valence-electron chi connectivity index (χ4n) is 2.12. The molecule has 0 atom stereocenters. The Bertz CT molecular complexity index is 667. The molecule has 0 bridgehead atoms. The van der Waals surface area contributed by atoms with Crippen LogP contribution in [0.1, 0.15) is 12.5 Å². The summed E-state index contributed by atoms with van der Waals surface area (Å²) >= 11 is 3.60. The SMILES string of the molecule is CCc1ccc(Br)c2c1oc1ccccc12. The van der Waals surface area contributed by atoms with Crippen molar-refractivity contribution in [3.8, 4) is 0 Å². The molecule has 2 heteroatoms. The fraction of sp³-hybridized carbons (Fsp3) is 0.143. The molecule has 16 heavy (non-hydrogen) atoms. The summed E-state index contributed by atoms with van der Waals surface area (Å²) in [7, 11) is 0. The average molecular weight is 275 g/mol. The molecule has 0 aliphatic rings. The molecule has 1 heterocycles. The third kappa shape index (κ3) is 1.30. The predicted octanol–water partition coefficient (Wildman–Crippen LogP) is 4.91. The van der Waals surface area contributed by atoms with Crippen molar-refractivity contribution < 1.29 is 4.42 Å². The molecule has 3 rings (SSSR count). The number of hydrogen-bond acceptors (Lipinski definition) is 1. The number of halogens is 1. The van der Waals surface area contributed by atoms with E-state index in [0.29, 0.717) is 0 Å². The van der Waals surface area contributed by atoms with Gasteiger partial charge in [-0.2, -0.15) is 0 Å². The summed E-state index contributed by atoms with van der Waals surface area (Å²) < 4.78 is 7.03. The Hall–Kier alpha value is -1.28. The van der Waals surface area contributed by atoms with Crippen LogP contribution >= 0.6 is 15.9 Å². The lowest BCUT2D eigenvalue weighted by atomic mass is 10.1. The van der Waals surface area contributed by atoms with Gasteiger partial charge in [-0.1, -0.05) is 47.1 Å². The first-order chi connectivity index (χ1) is 7.81. The number of fused-ring (bicyclic) bond motifs is 3. The number of para-hydroxylation sites is 1. The molecule has 0 unspecified atom stereocenters. The number of hydrogen-bond donors (Lipinski definition) is 0. The van der Waals surface area contributed by atoms with Crippen molar-refractivity contribution in [1.82, 2.24) is 0 Å². The third-order valence-corrected chi connectivity index (χ3v) is 3.60. The topological polar surface area (TPSA) is 13.1 Å². The summed E-state index contributed by atoms with van der Waals surface area (Å²) in [6.45, 7) is 2.15. The van der Waals surface area contributed by atoms with E-state index in [1.54, 1.807) is 0 Å². The Morgan fingerprint density at radius 1 is 1.12 bits per heavy atom. The van der Waals surface area contributed by atoms with Gasteiger partial charge in [-0.25, -0.2) is 0 Å². The van der Waals surface area contributed by atoms with Crippen LogP contribution in [-0.2, 0) is 6.42 Å². The maximum atomic E-state index is 5.93. The Morgan fingerprint density at radius 3 is 2.75 bits per heavy atom. The Labute approximate surface area is 102 Å². The highest BCUT2D eigenvalue weighted by molar-refractivity contribution is 9.10. The predicted molar refractivity (Wildman–Crippen MR) is 70.8 cm³/mol. The first-order valence-electron chi connectivity index (χ1n) is 5.40. The van der Waals surface area contributed by atoms with Gasteiger partial charge in [0.2, 0.25) is 0 Å². The van der Waals surface area contributed by atoms with Gasteiger partial charge in [0.1, 0.15) is 11.2 Å². The van der Waals surface area contributed by atoms with Crippen LogP contribution in [0.25, 0.3) is 21.9 Å². The molecule has 3 aromatic rings. The van der Waals surface area contributed by atoms with Crippen molar-refractivity contribution in [2.24, 2.45) is 0 Å². The minimum absolute atomic E-state index is 0.958. The Morgan fingerprint density at radius 2 is 1.94 bits per heavy atom. The molecule has 0 saturated carbocycles. The third-order valence-electron chi connectivity index (χ3n) is 2.94. The van der Waals surface area contributed by atoms with E-state index < -0.39 is 0 Å². The highest BCUT2D eigenvalue weighted by atomic mass is 79.9. The smallest absolute Gasteiger partial charge is 0.139 e. The minimum Gasteiger partial charge on any atom is -0.456 e. The number of aryl methyl sites for hydroxylation is 1. The van der Waals surface area contributed by atoms with Crippen molar-refractivity contribution in [1.29, 1.82) is 0 Å². The molecule has 0 spiro atoms. The normalized spacial score (nSPS) is 11.4. The molecule has 0 saturated heterocycles.